The molecule has 3 rings (SSSR count). The molecule has 1 aliphatic carbocycles. The van der Waals surface area contributed by atoms with Crippen LogP contribution in [0.3, 0.4) is 0 Å². The van der Waals surface area contributed by atoms with Gasteiger partial charge in [-0.1, -0.05) is 43.5 Å². The third kappa shape index (κ3) is 4.16. The molecule has 1 saturated carbocycles. The second-order valence-corrected chi connectivity index (χ2v) is 7.31. The lowest BCUT2D eigenvalue weighted by molar-refractivity contribution is -0.134. The van der Waals surface area contributed by atoms with E-state index in [1.54, 1.807) is 0 Å². The van der Waals surface area contributed by atoms with E-state index < -0.39 is 0 Å². The normalized spacial score (nSPS) is 20.1. The molecule has 4 nitrogen and oxygen atoms in total. The highest BCUT2D eigenvalue weighted by atomic mass is 16.2. The van der Waals surface area contributed by atoms with Gasteiger partial charge in [-0.15, -0.1) is 0 Å². The molecule has 1 heterocycles. The highest BCUT2D eigenvalue weighted by Gasteiger charge is 2.25. The van der Waals surface area contributed by atoms with Crippen molar-refractivity contribution >= 4 is 11.8 Å². The summed E-state index contributed by atoms with van der Waals surface area (Å²) in [6, 6.07) is 8.63. The van der Waals surface area contributed by atoms with E-state index in [0.29, 0.717) is 38.3 Å². The summed E-state index contributed by atoms with van der Waals surface area (Å²) in [6.45, 7) is 1.29. The first-order valence-corrected chi connectivity index (χ1v) is 9.29. The largest absolute Gasteiger partial charge is 0.369 e. The van der Waals surface area contributed by atoms with Gasteiger partial charge in [-0.2, -0.15) is 0 Å². The fourth-order valence-corrected chi connectivity index (χ4v) is 4.04. The molecule has 0 spiro atoms. The SMILES string of the molecule is NC(=O)C1CCN(C(=O)Cc2ccc(C3CCCCC3)cc2)CC1. The lowest BCUT2D eigenvalue weighted by Crippen LogP contribution is -2.42. The Hall–Kier alpha value is -1.84. The van der Waals surface area contributed by atoms with Crippen molar-refractivity contribution in [3.63, 3.8) is 0 Å². The monoisotopic (exact) mass is 328 g/mol. The van der Waals surface area contributed by atoms with Crippen LogP contribution >= 0.6 is 0 Å². The number of primary amides is 1. The molecule has 1 saturated heterocycles. The number of nitrogens with zero attached hydrogens (tertiary/aromatic N) is 1. The minimum Gasteiger partial charge on any atom is -0.369 e. The maximum absolute atomic E-state index is 12.4. The summed E-state index contributed by atoms with van der Waals surface area (Å²) < 4.78 is 0. The van der Waals surface area contributed by atoms with E-state index in [2.05, 4.69) is 24.3 Å². The maximum atomic E-state index is 12.4. The zero-order valence-corrected chi connectivity index (χ0v) is 14.4. The molecule has 2 N–H and O–H groups in total. The Morgan fingerprint density at radius 3 is 2.17 bits per heavy atom. The summed E-state index contributed by atoms with van der Waals surface area (Å²) in [4.78, 5) is 25.5. The molecule has 1 aromatic rings. The highest BCUT2D eigenvalue weighted by molar-refractivity contribution is 5.80. The maximum Gasteiger partial charge on any atom is 0.226 e. The van der Waals surface area contributed by atoms with Crippen LogP contribution in [0.1, 0.15) is 62.0 Å². The number of amides is 2. The number of carbonyl (C=O) groups excluding carboxylic acids is 2. The van der Waals surface area contributed by atoms with Crippen molar-refractivity contribution in [3.8, 4) is 0 Å². The highest BCUT2D eigenvalue weighted by Crippen LogP contribution is 2.32. The van der Waals surface area contributed by atoms with Gasteiger partial charge in [-0.25, -0.2) is 0 Å². The summed E-state index contributed by atoms with van der Waals surface area (Å²) in [5.41, 5.74) is 7.85. The van der Waals surface area contributed by atoms with Crippen LogP contribution in [0, 0.1) is 5.92 Å². The molecule has 0 radical (unpaired) electrons. The lowest BCUT2D eigenvalue weighted by Gasteiger charge is -2.30. The molecule has 4 heteroatoms. The van der Waals surface area contributed by atoms with E-state index in [1.165, 1.54) is 37.7 Å². The average molecular weight is 328 g/mol. The molecule has 0 unspecified atom stereocenters. The third-order valence-corrected chi connectivity index (χ3v) is 5.66. The Kier molecular flexibility index (Phi) is 5.54. The Balaban J connectivity index is 1.52. The van der Waals surface area contributed by atoms with Gasteiger partial charge in [-0.3, -0.25) is 9.59 Å². The van der Waals surface area contributed by atoms with Crippen LogP contribution in [0.2, 0.25) is 0 Å². The molecule has 0 atom stereocenters. The van der Waals surface area contributed by atoms with Gasteiger partial charge in [0.2, 0.25) is 11.8 Å². The molecule has 2 amide bonds. The van der Waals surface area contributed by atoms with Gasteiger partial charge >= 0.3 is 0 Å². The summed E-state index contributed by atoms with van der Waals surface area (Å²) >= 11 is 0. The summed E-state index contributed by atoms with van der Waals surface area (Å²) in [5.74, 6) is 0.559. The van der Waals surface area contributed by atoms with Crippen molar-refractivity contribution in [1.82, 2.24) is 4.90 Å². The molecule has 2 aliphatic rings. The first-order chi connectivity index (χ1) is 11.6. The number of likely N-dealkylation sites (tertiary alicyclic amines) is 1. The van der Waals surface area contributed by atoms with Gasteiger partial charge < -0.3 is 10.6 Å². The summed E-state index contributed by atoms with van der Waals surface area (Å²) in [7, 11) is 0. The second kappa shape index (κ2) is 7.82. The van der Waals surface area contributed by atoms with Gasteiger partial charge in [0.05, 0.1) is 6.42 Å². The number of carbonyl (C=O) groups is 2. The van der Waals surface area contributed by atoms with E-state index in [1.807, 2.05) is 4.90 Å². The van der Waals surface area contributed by atoms with Crippen molar-refractivity contribution in [2.24, 2.45) is 11.7 Å². The molecular weight excluding hydrogens is 300 g/mol. The van der Waals surface area contributed by atoms with Crippen molar-refractivity contribution in [2.45, 2.75) is 57.3 Å². The predicted octanol–water partition coefficient (Wildman–Crippen LogP) is 3.00. The van der Waals surface area contributed by atoms with Crippen LogP contribution in [0.15, 0.2) is 24.3 Å². The van der Waals surface area contributed by atoms with E-state index in [9.17, 15) is 9.59 Å². The van der Waals surface area contributed by atoms with Gasteiger partial charge in [0, 0.05) is 19.0 Å². The van der Waals surface area contributed by atoms with Gasteiger partial charge in [0.1, 0.15) is 0 Å². The fourth-order valence-electron chi connectivity index (χ4n) is 4.04. The number of hydrogen-bond acceptors (Lipinski definition) is 2. The predicted molar refractivity (Wildman–Crippen MR) is 94.5 cm³/mol. The molecule has 0 bridgehead atoms. The van der Waals surface area contributed by atoms with Crippen LogP contribution < -0.4 is 5.73 Å². The smallest absolute Gasteiger partial charge is 0.226 e. The number of nitrogens with two attached hydrogens (primary N) is 1. The topological polar surface area (TPSA) is 63.4 Å². The number of benzene rings is 1. The standard InChI is InChI=1S/C20H28N2O2/c21-20(24)18-10-12-22(13-11-18)19(23)14-15-6-8-17(9-7-15)16-4-2-1-3-5-16/h6-9,16,18H,1-5,10-14H2,(H2,21,24). The molecule has 1 aromatic carbocycles. The zero-order chi connectivity index (χ0) is 16.9. The van der Waals surface area contributed by atoms with Crippen molar-refractivity contribution in [3.05, 3.63) is 35.4 Å². The van der Waals surface area contributed by atoms with E-state index in [0.717, 1.165) is 5.56 Å². The first kappa shape index (κ1) is 17.0. The van der Waals surface area contributed by atoms with Crippen LogP contribution in [0.4, 0.5) is 0 Å². The number of hydrogen-bond donors (Lipinski definition) is 1. The fraction of sp³-hybridized carbons (Fsp3) is 0.600. The average Bonchev–Trinajstić information content (AvgIpc) is 2.63. The van der Waals surface area contributed by atoms with Gasteiger partial charge in [0.25, 0.3) is 0 Å². The first-order valence-electron chi connectivity index (χ1n) is 9.29. The third-order valence-electron chi connectivity index (χ3n) is 5.66. The Labute approximate surface area is 144 Å². The Bertz CT molecular complexity index is 568. The summed E-state index contributed by atoms with van der Waals surface area (Å²) in [5, 5.41) is 0. The minimum atomic E-state index is -0.236. The zero-order valence-electron chi connectivity index (χ0n) is 14.4. The number of rotatable bonds is 4. The van der Waals surface area contributed by atoms with Crippen LogP contribution in [-0.2, 0) is 16.0 Å². The van der Waals surface area contributed by atoms with Crippen molar-refractivity contribution in [1.29, 1.82) is 0 Å². The van der Waals surface area contributed by atoms with Crippen LogP contribution in [0.25, 0.3) is 0 Å². The Morgan fingerprint density at radius 2 is 1.58 bits per heavy atom. The van der Waals surface area contributed by atoms with E-state index >= 15 is 0 Å². The molecule has 130 valence electrons. The molecule has 24 heavy (non-hydrogen) atoms. The number of piperidine rings is 1. The molecule has 2 fully saturated rings. The van der Waals surface area contributed by atoms with Crippen molar-refractivity contribution in [2.75, 3.05) is 13.1 Å². The van der Waals surface area contributed by atoms with E-state index in [4.69, 9.17) is 5.73 Å². The second-order valence-electron chi connectivity index (χ2n) is 7.31. The van der Waals surface area contributed by atoms with Crippen LogP contribution in [-0.4, -0.2) is 29.8 Å². The van der Waals surface area contributed by atoms with Crippen LogP contribution in [0.5, 0.6) is 0 Å². The van der Waals surface area contributed by atoms with Gasteiger partial charge in [0.15, 0.2) is 0 Å². The van der Waals surface area contributed by atoms with E-state index in [-0.39, 0.29) is 17.7 Å². The molecule has 0 aromatic heterocycles. The van der Waals surface area contributed by atoms with Crippen molar-refractivity contribution < 1.29 is 9.59 Å². The minimum absolute atomic E-state index is 0.0659. The summed E-state index contributed by atoms with van der Waals surface area (Å²) in [6.07, 6.45) is 8.49. The molecular formula is C20H28N2O2. The Morgan fingerprint density at radius 1 is 0.958 bits per heavy atom. The van der Waals surface area contributed by atoms with Gasteiger partial charge in [-0.05, 0) is 42.7 Å². The quantitative estimate of drug-likeness (QED) is 0.923. The lowest BCUT2D eigenvalue weighted by atomic mass is 9.84. The molecule has 1 aliphatic heterocycles.